The van der Waals surface area contributed by atoms with Crippen molar-refractivity contribution in [1.82, 2.24) is 9.62 Å². The molecule has 0 saturated heterocycles. The second-order valence-corrected chi connectivity index (χ2v) is 8.25. The van der Waals surface area contributed by atoms with Gasteiger partial charge in [-0.3, -0.25) is 0 Å². The van der Waals surface area contributed by atoms with Gasteiger partial charge in [0.2, 0.25) is 0 Å². The topological polar surface area (TPSA) is 49.4 Å². The van der Waals surface area contributed by atoms with E-state index >= 15 is 0 Å². The highest BCUT2D eigenvalue weighted by atomic mass is 32.2. The Morgan fingerprint density at radius 1 is 1.50 bits per heavy atom. The number of nitrogens with zero attached hydrogens (tertiary/aromatic N) is 1. The lowest BCUT2D eigenvalue weighted by atomic mass is 10.3. The van der Waals surface area contributed by atoms with E-state index in [2.05, 4.69) is 25.7 Å². The lowest BCUT2D eigenvalue weighted by Crippen LogP contribution is -2.30. The highest BCUT2D eigenvalue weighted by molar-refractivity contribution is 7.91. The zero-order chi connectivity index (χ0) is 15.3. The molecule has 4 nitrogen and oxygen atoms in total. The first-order valence-corrected chi connectivity index (χ1v) is 9.02. The lowest BCUT2D eigenvalue weighted by Gasteiger charge is -2.17. The molecule has 1 rings (SSSR count). The first kappa shape index (κ1) is 17.4. The van der Waals surface area contributed by atoms with E-state index in [1.165, 1.54) is 15.6 Å². The number of hydrogen-bond acceptors (Lipinski definition) is 4. The molecule has 1 aromatic rings. The molecule has 0 aliphatic rings. The van der Waals surface area contributed by atoms with Gasteiger partial charge in [-0.2, -0.15) is 4.31 Å². The van der Waals surface area contributed by atoms with Crippen LogP contribution in [0.2, 0.25) is 0 Å². The SMILES string of the molecule is C=CCN(CC)S(=O)(=O)c1cc(C)c(CNC(C)C)s1. The summed E-state index contributed by atoms with van der Waals surface area (Å²) in [6, 6.07) is 2.15. The predicted molar refractivity (Wildman–Crippen MR) is 85.7 cm³/mol. The molecule has 0 fully saturated rings. The Morgan fingerprint density at radius 3 is 2.65 bits per heavy atom. The van der Waals surface area contributed by atoms with Crippen LogP contribution in [-0.4, -0.2) is 31.9 Å². The zero-order valence-corrected chi connectivity index (χ0v) is 14.3. The largest absolute Gasteiger partial charge is 0.310 e. The van der Waals surface area contributed by atoms with Gasteiger partial charge in [0.1, 0.15) is 4.21 Å². The Morgan fingerprint density at radius 2 is 2.15 bits per heavy atom. The van der Waals surface area contributed by atoms with Crippen LogP contribution in [0.4, 0.5) is 0 Å². The molecular weight excluding hydrogens is 292 g/mol. The molecule has 0 spiro atoms. The summed E-state index contributed by atoms with van der Waals surface area (Å²) < 4.78 is 26.9. The monoisotopic (exact) mass is 316 g/mol. The Kier molecular flexibility index (Phi) is 6.39. The number of likely N-dealkylation sites (N-methyl/N-ethyl adjacent to an activating group) is 1. The minimum Gasteiger partial charge on any atom is -0.310 e. The molecule has 1 aromatic heterocycles. The third-order valence-electron chi connectivity index (χ3n) is 2.95. The summed E-state index contributed by atoms with van der Waals surface area (Å²) in [4.78, 5) is 1.08. The van der Waals surface area contributed by atoms with E-state index in [9.17, 15) is 8.42 Å². The van der Waals surface area contributed by atoms with E-state index < -0.39 is 10.0 Å². The van der Waals surface area contributed by atoms with Gasteiger partial charge in [-0.25, -0.2) is 8.42 Å². The van der Waals surface area contributed by atoms with E-state index in [-0.39, 0.29) is 0 Å². The first-order valence-electron chi connectivity index (χ1n) is 6.76. The van der Waals surface area contributed by atoms with Crippen LogP contribution in [0.25, 0.3) is 0 Å². The third-order valence-corrected chi connectivity index (χ3v) is 6.58. The minimum absolute atomic E-state index is 0.343. The maximum absolute atomic E-state index is 12.5. The number of rotatable bonds is 8. The summed E-state index contributed by atoms with van der Waals surface area (Å²) in [5, 5.41) is 3.32. The van der Waals surface area contributed by atoms with E-state index in [1.54, 1.807) is 12.1 Å². The normalized spacial score (nSPS) is 12.3. The van der Waals surface area contributed by atoms with E-state index in [1.807, 2.05) is 13.8 Å². The first-order chi connectivity index (χ1) is 9.32. The van der Waals surface area contributed by atoms with Gasteiger partial charge < -0.3 is 5.32 Å². The standard InChI is InChI=1S/C14H24N2O2S2/c1-6-8-16(7-2)20(17,18)14-9-12(5)13(19-14)10-15-11(3)4/h6,9,11,15H,1,7-8,10H2,2-5H3. The van der Waals surface area contributed by atoms with Crippen LogP contribution in [0.5, 0.6) is 0 Å². The Bertz CT molecular complexity index is 548. The highest BCUT2D eigenvalue weighted by Crippen LogP contribution is 2.28. The summed E-state index contributed by atoms with van der Waals surface area (Å²) in [5.41, 5.74) is 1.02. The second kappa shape index (κ2) is 7.36. The summed E-state index contributed by atoms with van der Waals surface area (Å²) in [6.45, 7) is 13.0. The maximum Gasteiger partial charge on any atom is 0.252 e. The van der Waals surface area contributed by atoms with Crippen LogP contribution >= 0.6 is 11.3 Å². The maximum atomic E-state index is 12.5. The summed E-state index contributed by atoms with van der Waals surface area (Å²) >= 11 is 1.35. The molecule has 0 aliphatic heterocycles. The average Bonchev–Trinajstić information content (AvgIpc) is 2.75. The fraction of sp³-hybridized carbons (Fsp3) is 0.571. The second-order valence-electron chi connectivity index (χ2n) is 4.95. The van der Waals surface area contributed by atoms with Crippen LogP contribution < -0.4 is 5.32 Å². The average molecular weight is 316 g/mol. The molecule has 1 heterocycles. The zero-order valence-electron chi connectivity index (χ0n) is 12.6. The van der Waals surface area contributed by atoms with Crippen molar-refractivity contribution in [2.75, 3.05) is 13.1 Å². The van der Waals surface area contributed by atoms with Crippen LogP contribution in [0.1, 0.15) is 31.2 Å². The molecule has 114 valence electrons. The molecule has 20 heavy (non-hydrogen) atoms. The molecule has 0 unspecified atom stereocenters. The van der Waals surface area contributed by atoms with Gasteiger partial charge >= 0.3 is 0 Å². The van der Waals surface area contributed by atoms with Crippen LogP contribution in [0.3, 0.4) is 0 Å². The molecule has 0 atom stereocenters. The molecule has 1 N–H and O–H groups in total. The lowest BCUT2D eigenvalue weighted by molar-refractivity contribution is 0.461. The van der Waals surface area contributed by atoms with Crippen molar-refractivity contribution < 1.29 is 8.42 Å². The van der Waals surface area contributed by atoms with E-state index in [4.69, 9.17) is 0 Å². The van der Waals surface area contributed by atoms with E-state index in [0.29, 0.717) is 29.9 Å². The summed E-state index contributed by atoms with van der Waals surface area (Å²) in [6.07, 6.45) is 1.61. The van der Waals surface area contributed by atoms with Crippen LogP contribution in [0, 0.1) is 6.92 Å². The third kappa shape index (κ3) is 4.15. The van der Waals surface area contributed by atoms with Crippen molar-refractivity contribution in [3.8, 4) is 0 Å². The number of hydrogen-bond donors (Lipinski definition) is 1. The minimum atomic E-state index is -3.40. The van der Waals surface area contributed by atoms with Crippen molar-refractivity contribution in [3.05, 3.63) is 29.2 Å². The van der Waals surface area contributed by atoms with Gasteiger partial charge in [0.15, 0.2) is 0 Å². The Labute approximate surface area is 126 Å². The molecule has 0 saturated carbocycles. The molecule has 0 radical (unpaired) electrons. The van der Waals surface area contributed by atoms with Gasteiger partial charge in [-0.05, 0) is 18.6 Å². The van der Waals surface area contributed by atoms with Crippen molar-refractivity contribution in [3.63, 3.8) is 0 Å². The van der Waals surface area contributed by atoms with Crippen molar-refractivity contribution >= 4 is 21.4 Å². The molecule has 0 aromatic carbocycles. The van der Waals surface area contributed by atoms with Crippen LogP contribution in [0.15, 0.2) is 22.9 Å². The van der Waals surface area contributed by atoms with Gasteiger partial charge in [-0.1, -0.05) is 26.8 Å². The summed E-state index contributed by atoms with van der Waals surface area (Å²) in [7, 11) is -3.40. The molecule has 0 bridgehead atoms. The highest BCUT2D eigenvalue weighted by Gasteiger charge is 2.25. The number of nitrogens with one attached hydrogen (secondary N) is 1. The van der Waals surface area contributed by atoms with E-state index in [0.717, 1.165) is 10.4 Å². The van der Waals surface area contributed by atoms with Gasteiger partial charge in [-0.15, -0.1) is 17.9 Å². The molecule has 6 heteroatoms. The van der Waals surface area contributed by atoms with Crippen LogP contribution in [-0.2, 0) is 16.6 Å². The number of aryl methyl sites for hydroxylation is 1. The van der Waals surface area contributed by atoms with Crippen molar-refractivity contribution in [2.45, 2.75) is 44.5 Å². The number of sulfonamides is 1. The quantitative estimate of drug-likeness (QED) is 0.750. The summed E-state index contributed by atoms with van der Waals surface area (Å²) in [5.74, 6) is 0. The number of thiophene rings is 1. The van der Waals surface area contributed by atoms with Crippen molar-refractivity contribution in [1.29, 1.82) is 0 Å². The van der Waals surface area contributed by atoms with Gasteiger partial charge in [0.25, 0.3) is 10.0 Å². The molecule has 0 aliphatic carbocycles. The van der Waals surface area contributed by atoms with Crippen molar-refractivity contribution in [2.24, 2.45) is 0 Å². The predicted octanol–water partition coefficient (Wildman–Crippen LogP) is 2.75. The Balaban J connectivity index is 3.01. The molecular formula is C14H24N2O2S2. The molecule has 0 amide bonds. The smallest absolute Gasteiger partial charge is 0.252 e. The Hall–Kier alpha value is -0.690. The van der Waals surface area contributed by atoms with Gasteiger partial charge in [0.05, 0.1) is 0 Å². The van der Waals surface area contributed by atoms with Gasteiger partial charge in [0, 0.05) is 30.6 Å². The fourth-order valence-electron chi connectivity index (χ4n) is 1.76. The fourth-order valence-corrected chi connectivity index (χ4v) is 4.87.